The summed E-state index contributed by atoms with van der Waals surface area (Å²) in [6.07, 6.45) is 6.02. The molecule has 5 nitrogen and oxygen atoms in total. The van der Waals surface area contributed by atoms with Crippen LogP contribution >= 0.6 is 0 Å². The van der Waals surface area contributed by atoms with E-state index in [0.29, 0.717) is 11.8 Å². The molecule has 1 saturated carbocycles. The number of aliphatic hydroxyl groups is 1. The van der Waals surface area contributed by atoms with Gasteiger partial charge in [-0.25, -0.2) is 0 Å². The second-order valence-electron chi connectivity index (χ2n) is 4.09. The van der Waals surface area contributed by atoms with Gasteiger partial charge in [-0.05, 0) is 24.7 Å². The summed E-state index contributed by atoms with van der Waals surface area (Å²) in [5.74, 6) is -0.724. The first kappa shape index (κ1) is 12.7. The summed E-state index contributed by atoms with van der Waals surface area (Å²) in [7, 11) is 0. The Balaban J connectivity index is 0.000000187. The van der Waals surface area contributed by atoms with Gasteiger partial charge in [0.15, 0.2) is 0 Å². The Kier molecular flexibility index (Phi) is 4.49. The minimum Gasteiger partial charge on any atom is -0.481 e. The maximum absolute atomic E-state index is 10.6. The van der Waals surface area contributed by atoms with Crippen molar-refractivity contribution in [2.24, 2.45) is 17.8 Å². The average molecular weight is 228 g/mol. The first-order valence-electron chi connectivity index (χ1n) is 5.28. The number of carbonyl (C=O) groups is 2. The van der Waals surface area contributed by atoms with Gasteiger partial charge in [0.25, 0.3) is 0 Å². The Morgan fingerprint density at radius 2 is 1.88 bits per heavy atom. The third-order valence-corrected chi connectivity index (χ3v) is 2.92. The van der Waals surface area contributed by atoms with Crippen molar-refractivity contribution in [3.63, 3.8) is 0 Å². The van der Waals surface area contributed by atoms with Crippen LogP contribution in [0.5, 0.6) is 0 Å². The van der Waals surface area contributed by atoms with E-state index in [1.807, 2.05) is 0 Å². The molecule has 90 valence electrons. The van der Waals surface area contributed by atoms with Crippen molar-refractivity contribution >= 4 is 11.9 Å². The zero-order valence-electron chi connectivity index (χ0n) is 8.87. The van der Waals surface area contributed by atoms with Gasteiger partial charge in [-0.1, -0.05) is 12.2 Å². The number of allylic oxidation sites excluding steroid dienone is 2. The molecule has 2 aliphatic carbocycles. The molecular weight excluding hydrogens is 212 g/mol. The van der Waals surface area contributed by atoms with Crippen molar-refractivity contribution in [1.29, 1.82) is 0 Å². The topological polar surface area (TPSA) is 94.8 Å². The number of fused-ring (bicyclic) bond motifs is 2. The molecule has 0 aromatic rings. The molecule has 0 aromatic carbocycles. The summed E-state index contributed by atoms with van der Waals surface area (Å²) in [6, 6.07) is 0. The van der Waals surface area contributed by atoms with E-state index in [4.69, 9.17) is 15.3 Å². The van der Waals surface area contributed by atoms with Crippen LogP contribution in [0.15, 0.2) is 12.2 Å². The molecule has 0 spiro atoms. The lowest BCUT2D eigenvalue weighted by Gasteiger charge is -2.11. The minimum atomic E-state index is -0.961. The molecule has 0 saturated heterocycles. The molecule has 0 amide bonds. The van der Waals surface area contributed by atoms with E-state index in [1.165, 1.54) is 0 Å². The van der Waals surface area contributed by atoms with E-state index in [1.54, 1.807) is 0 Å². The number of aliphatic carboxylic acids is 2. The Bertz CT molecular complexity index is 297. The van der Waals surface area contributed by atoms with Crippen LogP contribution in [-0.2, 0) is 9.59 Å². The van der Waals surface area contributed by atoms with Gasteiger partial charge >= 0.3 is 11.9 Å². The lowest BCUT2D eigenvalue weighted by molar-refractivity contribution is -0.142. The minimum absolute atomic E-state index is 0.0741. The number of rotatable bonds is 3. The summed E-state index contributed by atoms with van der Waals surface area (Å²) in [4.78, 5) is 20.0. The first-order valence-corrected chi connectivity index (χ1v) is 5.28. The highest BCUT2D eigenvalue weighted by molar-refractivity contribution is 5.71. The summed E-state index contributed by atoms with van der Waals surface area (Å²) in [6.45, 7) is -0.269. The maximum atomic E-state index is 10.6. The number of carboxylic acid groups (broad SMARTS) is 2. The van der Waals surface area contributed by atoms with Crippen molar-refractivity contribution in [1.82, 2.24) is 0 Å². The molecule has 3 atom stereocenters. The summed E-state index contributed by atoms with van der Waals surface area (Å²) < 4.78 is 0. The second kappa shape index (κ2) is 5.65. The van der Waals surface area contributed by atoms with Gasteiger partial charge in [0.1, 0.15) is 0 Å². The smallest absolute Gasteiger partial charge is 0.307 e. The molecule has 3 N–H and O–H groups in total. The first-order chi connectivity index (χ1) is 7.54. The number of aliphatic hydroxyl groups excluding tert-OH is 1. The summed E-state index contributed by atoms with van der Waals surface area (Å²) >= 11 is 0. The SMILES string of the molecule is O=C(O)C1CC2C=CC1C2.O=C(O)CCO. The highest BCUT2D eigenvalue weighted by Gasteiger charge is 2.39. The number of carboxylic acids is 2. The predicted molar refractivity (Wildman–Crippen MR) is 55.8 cm³/mol. The number of hydrogen-bond donors (Lipinski definition) is 3. The Hall–Kier alpha value is -1.36. The molecule has 16 heavy (non-hydrogen) atoms. The van der Waals surface area contributed by atoms with Crippen LogP contribution in [0.25, 0.3) is 0 Å². The molecule has 5 heteroatoms. The van der Waals surface area contributed by atoms with Crippen LogP contribution in [0.1, 0.15) is 19.3 Å². The molecule has 2 bridgehead atoms. The fourth-order valence-electron chi connectivity index (χ4n) is 2.16. The van der Waals surface area contributed by atoms with E-state index in [-0.39, 0.29) is 18.9 Å². The molecule has 2 rings (SSSR count). The van der Waals surface area contributed by atoms with Crippen LogP contribution in [0.4, 0.5) is 0 Å². The Morgan fingerprint density at radius 1 is 1.19 bits per heavy atom. The van der Waals surface area contributed by atoms with E-state index in [2.05, 4.69) is 12.2 Å². The lowest BCUT2D eigenvalue weighted by Crippen LogP contribution is -2.17. The zero-order valence-corrected chi connectivity index (χ0v) is 8.87. The summed E-state index contributed by atoms with van der Waals surface area (Å²) in [5.41, 5.74) is 0. The monoisotopic (exact) mass is 228 g/mol. The average Bonchev–Trinajstić information content (AvgIpc) is 2.78. The van der Waals surface area contributed by atoms with Crippen molar-refractivity contribution in [2.75, 3.05) is 6.61 Å². The van der Waals surface area contributed by atoms with Crippen molar-refractivity contribution in [3.05, 3.63) is 12.2 Å². The molecule has 1 fully saturated rings. The van der Waals surface area contributed by atoms with E-state index >= 15 is 0 Å². The third-order valence-electron chi connectivity index (χ3n) is 2.92. The molecule has 0 aromatic heterocycles. The molecule has 0 radical (unpaired) electrons. The van der Waals surface area contributed by atoms with Gasteiger partial charge in [-0.3, -0.25) is 9.59 Å². The fourth-order valence-corrected chi connectivity index (χ4v) is 2.16. The van der Waals surface area contributed by atoms with Gasteiger partial charge < -0.3 is 15.3 Å². The second-order valence-corrected chi connectivity index (χ2v) is 4.09. The molecule has 0 aliphatic heterocycles. The van der Waals surface area contributed by atoms with Gasteiger partial charge in [0.2, 0.25) is 0 Å². The van der Waals surface area contributed by atoms with E-state index < -0.39 is 11.9 Å². The Labute approximate surface area is 93.4 Å². The lowest BCUT2D eigenvalue weighted by atomic mass is 9.94. The van der Waals surface area contributed by atoms with Gasteiger partial charge in [0.05, 0.1) is 18.9 Å². The highest BCUT2D eigenvalue weighted by atomic mass is 16.4. The quantitative estimate of drug-likeness (QED) is 0.619. The third kappa shape index (κ3) is 3.34. The fraction of sp³-hybridized carbons (Fsp3) is 0.636. The van der Waals surface area contributed by atoms with Crippen LogP contribution in [0, 0.1) is 17.8 Å². The molecule has 3 unspecified atom stereocenters. The standard InChI is InChI=1S/C8H10O2.C3H6O3/c9-8(10)7-4-5-1-2-6(7)3-5;4-2-1-3(5)6/h1-2,5-7H,3-4H2,(H,9,10);4H,1-2H2,(H,5,6). The van der Waals surface area contributed by atoms with Crippen molar-refractivity contribution in [2.45, 2.75) is 19.3 Å². The van der Waals surface area contributed by atoms with E-state index in [9.17, 15) is 9.59 Å². The molecule has 0 heterocycles. The largest absolute Gasteiger partial charge is 0.481 e. The predicted octanol–water partition coefficient (Wildman–Crippen LogP) is 0.737. The van der Waals surface area contributed by atoms with Crippen LogP contribution in [-0.4, -0.2) is 33.9 Å². The van der Waals surface area contributed by atoms with Gasteiger partial charge in [-0.2, -0.15) is 0 Å². The molecule has 2 aliphatic rings. The maximum Gasteiger partial charge on any atom is 0.307 e. The van der Waals surface area contributed by atoms with Crippen LogP contribution < -0.4 is 0 Å². The molecular formula is C11H16O5. The zero-order chi connectivity index (χ0) is 12.1. The normalized spacial score (nSPS) is 29.7. The van der Waals surface area contributed by atoms with Crippen LogP contribution in [0.2, 0.25) is 0 Å². The summed E-state index contributed by atoms with van der Waals surface area (Å²) in [5, 5.41) is 24.3. The van der Waals surface area contributed by atoms with Crippen molar-refractivity contribution < 1.29 is 24.9 Å². The highest BCUT2D eigenvalue weighted by Crippen LogP contribution is 2.43. The van der Waals surface area contributed by atoms with Crippen molar-refractivity contribution in [3.8, 4) is 0 Å². The van der Waals surface area contributed by atoms with Crippen LogP contribution in [0.3, 0.4) is 0 Å². The number of hydrogen-bond acceptors (Lipinski definition) is 3. The van der Waals surface area contributed by atoms with E-state index in [0.717, 1.165) is 12.8 Å². The van der Waals surface area contributed by atoms with Gasteiger partial charge in [-0.15, -0.1) is 0 Å². The Morgan fingerprint density at radius 3 is 2.06 bits per heavy atom. The van der Waals surface area contributed by atoms with Gasteiger partial charge in [0, 0.05) is 0 Å².